The zero-order valence-corrected chi connectivity index (χ0v) is 12.6. The van der Waals surface area contributed by atoms with Crippen LogP contribution in [0.5, 0.6) is 11.5 Å². The molecule has 0 amide bonds. The fourth-order valence-corrected chi connectivity index (χ4v) is 3.00. The minimum absolute atomic E-state index is 0.0267. The molecular weight excluding hydrogens is 290 g/mol. The van der Waals surface area contributed by atoms with Crippen LogP contribution >= 0.6 is 0 Å². The van der Waals surface area contributed by atoms with Crippen molar-refractivity contribution in [3.05, 3.63) is 23.3 Å². The topological polar surface area (TPSA) is 41.9 Å². The van der Waals surface area contributed by atoms with Crippen molar-refractivity contribution in [3.63, 3.8) is 0 Å². The van der Waals surface area contributed by atoms with Crippen LogP contribution in [0.4, 0.5) is 0 Å². The number of methoxy groups -OCH3 is 2. The van der Waals surface area contributed by atoms with Crippen molar-refractivity contribution in [2.75, 3.05) is 27.2 Å². The highest BCUT2D eigenvalue weighted by molar-refractivity contribution is 5.49. The van der Waals surface area contributed by atoms with Gasteiger partial charge in [0, 0.05) is 31.5 Å². The summed E-state index contributed by atoms with van der Waals surface area (Å²) in [7, 11) is -6.07. The highest BCUT2D eigenvalue weighted by Crippen LogP contribution is 2.43. The van der Waals surface area contributed by atoms with Crippen molar-refractivity contribution in [1.29, 1.82) is 0 Å². The quantitative estimate of drug-likeness (QED) is 0.918. The molecule has 1 fully saturated rings. The SMILES string of the molecule is [2H]C([2H])([2H])Oc1cc2c(cc1OC([2H])([2H])[2H])[C@H]1N(CC2)C[C@]([2H])(C([2H])([2H])C([2H])(C)C([2H])([2H])[2H])[C@]([2H])(O)C1([2H])[2H]. The third-order valence-corrected chi connectivity index (χ3v) is 4.01. The summed E-state index contributed by atoms with van der Waals surface area (Å²) < 4.78 is 137. The molecule has 1 aromatic carbocycles. The summed E-state index contributed by atoms with van der Waals surface area (Å²) in [6, 6.07) is 0.565. The Labute approximate surface area is 161 Å². The predicted octanol–water partition coefficient (Wildman–Crippen LogP) is 3.03. The molecule has 0 radical (unpaired) electrons. The Balaban J connectivity index is 2.21. The first kappa shape index (κ1) is 5.92. The minimum Gasteiger partial charge on any atom is -0.493 e. The van der Waals surface area contributed by atoms with Gasteiger partial charge in [0.1, 0.15) is 0 Å². The largest absolute Gasteiger partial charge is 0.493 e. The Morgan fingerprint density at radius 3 is 3.04 bits per heavy atom. The Hall–Kier alpha value is -1.26. The van der Waals surface area contributed by atoms with Gasteiger partial charge in [0.15, 0.2) is 11.5 Å². The maximum atomic E-state index is 11.3. The van der Waals surface area contributed by atoms with Gasteiger partial charge in [-0.15, -0.1) is 0 Å². The maximum absolute atomic E-state index is 11.3. The Bertz CT molecular complexity index is 1110. The lowest BCUT2D eigenvalue weighted by Crippen LogP contribution is -2.48. The molecule has 0 bridgehead atoms. The van der Waals surface area contributed by atoms with Crippen molar-refractivity contribution in [3.8, 4) is 11.5 Å². The minimum atomic E-state index is -3.63. The monoisotopic (exact) mass is 335 g/mol. The molecule has 2 aliphatic rings. The van der Waals surface area contributed by atoms with E-state index in [4.69, 9.17) is 31.4 Å². The van der Waals surface area contributed by atoms with Crippen molar-refractivity contribution in [1.82, 2.24) is 4.90 Å². The molecular formula is C19H29NO3. The number of ether oxygens (including phenoxy) is 2. The van der Waals surface area contributed by atoms with Gasteiger partial charge in [0.2, 0.25) is 0 Å². The van der Waals surface area contributed by atoms with Gasteiger partial charge >= 0.3 is 0 Å². The first-order chi connectivity index (χ1) is 17.1. The molecule has 1 saturated heterocycles. The highest BCUT2D eigenvalue weighted by atomic mass is 16.5. The average Bonchev–Trinajstić information content (AvgIpc) is 2.69. The molecule has 0 spiro atoms. The Morgan fingerprint density at radius 2 is 2.30 bits per heavy atom. The second-order valence-electron chi connectivity index (χ2n) is 5.55. The number of hydrogen-bond acceptors (Lipinski definition) is 4. The summed E-state index contributed by atoms with van der Waals surface area (Å²) in [4.78, 5) is 1.22. The number of hydrogen-bond donors (Lipinski definition) is 1. The second-order valence-corrected chi connectivity index (χ2v) is 5.55. The average molecular weight is 336 g/mol. The summed E-state index contributed by atoms with van der Waals surface area (Å²) in [5, 5.41) is 11.3. The first-order valence-electron chi connectivity index (χ1n) is 15.1. The first-order valence-corrected chi connectivity index (χ1v) is 7.12. The van der Waals surface area contributed by atoms with Crippen molar-refractivity contribution < 1.29 is 36.5 Å². The number of aliphatic hydroxyl groups is 1. The van der Waals surface area contributed by atoms with Gasteiger partial charge in [-0.1, -0.05) is 13.8 Å². The molecule has 128 valence electrons. The zero-order valence-electron chi connectivity index (χ0n) is 28.6. The summed E-state index contributed by atoms with van der Waals surface area (Å²) in [5.74, 6) is -7.28. The maximum Gasteiger partial charge on any atom is 0.161 e. The van der Waals surface area contributed by atoms with Gasteiger partial charge in [-0.2, -0.15) is 0 Å². The lowest BCUT2D eigenvalue weighted by atomic mass is 9.79. The molecule has 1 N–H and O–H groups in total. The van der Waals surface area contributed by atoms with E-state index in [-0.39, 0.29) is 24.1 Å². The molecule has 2 heterocycles. The van der Waals surface area contributed by atoms with Gasteiger partial charge < -0.3 is 14.6 Å². The van der Waals surface area contributed by atoms with Crippen molar-refractivity contribution >= 4 is 0 Å². The van der Waals surface area contributed by atoms with Crippen LogP contribution < -0.4 is 9.47 Å². The second kappa shape index (κ2) is 6.70. The number of rotatable bonds is 4. The summed E-state index contributed by atoms with van der Waals surface area (Å²) in [5.41, 5.74) is 0.238. The fourth-order valence-electron chi connectivity index (χ4n) is 3.00. The van der Waals surface area contributed by atoms with Gasteiger partial charge in [-0.05, 0) is 54.2 Å². The van der Waals surface area contributed by atoms with Gasteiger partial charge in [0.05, 0.1) is 29.8 Å². The molecule has 0 aliphatic carbocycles. The van der Waals surface area contributed by atoms with Crippen molar-refractivity contribution in [2.45, 2.75) is 45.1 Å². The van der Waals surface area contributed by atoms with E-state index in [2.05, 4.69) is 0 Å². The van der Waals surface area contributed by atoms with Crippen LogP contribution in [0.3, 0.4) is 0 Å². The Kier molecular flexibility index (Phi) is 1.72. The summed E-state index contributed by atoms with van der Waals surface area (Å²) in [6.45, 7) is -3.57. The number of piperidine rings is 1. The van der Waals surface area contributed by atoms with E-state index in [0.29, 0.717) is 6.92 Å². The van der Waals surface area contributed by atoms with Crippen LogP contribution in [-0.2, 0) is 6.42 Å². The van der Waals surface area contributed by atoms with E-state index in [0.717, 1.165) is 12.1 Å². The van der Waals surface area contributed by atoms with Crippen LogP contribution in [-0.4, -0.2) is 43.3 Å². The normalized spacial score (nSPS) is 51.1. The molecule has 4 heteroatoms. The molecule has 0 saturated carbocycles. The molecule has 1 aromatic rings. The molecule has 1 unspecified atom stereocenters. The summed E-state index contributed by atoms with van der Waals surface area (Å²) in [6.07, 6.45) is -10.2. The third kappa shape index (κ3) is 3.20. The lowest BCUT2D eigenvalue weighted by molar-refractivity contribution is -0.0191. The van der Waals surface area contributed by atoms with Gasteiger partial charge in [-0.25, -0.2) is 0 Å². The van der Waals surface area contributed by atoms with Crippen molar-refractivity contribution in [2.24, 2.45) is 11.8 Å². The van der Waals surface area contributed by atoms with E-state index in [9.17, 15) is 5.11 Å². The van der Waals surface area contributed by atoms with Gasteiger partial charge in [-0.3, -0.25) is 4.90 Å². The number of nitrogens with zero attached hydrogens (tertiary/aromatic N) is 1. The number of benzene rings is 1. The van der Waals surface area contributed by atoms with Crippen LogP contribution in [0.1, 0.15) is 65.6 Å². The zero-order chi connectivity index (χ0) is 30.4. The van der Waals surface area contributed by atoms with E-state index in [1.54, 1.807) is 0 Å². The van der Waals surface area contributed by atoms with E-state index in [1.807, 2.05) is 0 Å². The van der Waals surface area contributed by atoms with Crippen LogP contribution in [0, 0.1) is 11.8 Å². The third-order valence-electron chi connectivity index (χ3n) is 4.01. The van der Waals surface area contributed by atoms with Crippen LogP contribution in [0.25, 0.3) is 0 Å². The lowest BCUT2D eigenvalue weighted by Gasteiger charge is -2.46. The van der Waals surface area contributed by atoms with Gasteiger partial charge in [0.25, 0.3) is 0 Å². The smallest absolute Gasteiger partial charge is 0.161 e. The molecule has 4 atom stereocenters. The molecule has 3 rings (SSSR count). The highest BCUT2D eigenvalue weighted by Gasteiger charge is 2.38. The molecule has 4 nitrogen and oxygen atoms in total. The molecule has 2 aliphatic heterocycles. The Morgan fingerprint density at radius 1 is 1.52 bits per heavy atom. The molecule has 23 heavy (non-hydrogen) atoms. The van der Waals surface area contributed by atoms with E-state index < -0.39 is 75.6 Å². The predicted molar refractivity (Wildman–Crippen MR) is 91.1 cm³/mol. The summed E-state index contributed by atoms with van der Waals surface area (Å²) >= 11 is 0. The van der Waals surface area contributed by atoms with E-state index in [1.165, 1.54) is 4.90 Å². The van der Waals surface area contributed by atoms with Crippen LogP contribution in [0.15, 0.2) is 12.1 Å². The molecule has 0 aromatic heterocycles. The fraction of sp³-hybridized carbons (Fsp3) is 0.684. The number of fused-ring (bicyclic) bond motifs is 3. The van der Waals surface area contributed by atoms with E-state index >= 15 is 0 Å². The van der Waals surface area contributed by atoms with Crippen LogP contribution in [0.2, 0.25) is 0 Å². The standard InChI is InChI=1S/C19H29NO3/c1-12(2)7-14-11-20-6-5-13-8-18(22-3)19(23-4)9-15(13)16(20)10-17(14)21/h8-9,12,14,16-17,21H,5-7,10-11H2,1-4H3/t14-,16-,17+/m0/s1/i1D3,3D3,4D3,7D2,10D2,12D,14D,17D/t12?,14-,16-,17+.